The number of carboxylic acid groups (broad SMARTS) is 1. The summed E-state index contributed by atoms with van der Waals surface area (Å²) in [4.78, 5) is 47.0. The summed E-state index contributed by atoms with van der Waals surface area (Å²) in [7, 11) is 0. The number of rotatable bonds is 2. The Kier molecular flexibility index (Phi) is 2.64. The first kappa shape index (κ1) is 12.5. The number of carbonyl (C=O) groups excluding carboxylic acids is 3. The predicted molar refractivity (Wildman–Crippen MR) is 58.2 cm³/mol. The molecule has 2 N–H and O–H groups in total. The number of imide groups is 1. The molecule has 0 aromatic heterocycles. The number of carbonyl (C=O) groups is 4. The van der Waals surface area contributed by atoms with Gasteiger partial charge in [-0.05, 0) is 20.3 Å². The van der Waals surface area contributed by atoms with Gasteiger partial charge in [0.2, 0.25) is 11.8 Å². The summed E-state index contributed by atoms with van der Waals surface area (Å²) in [5.74, 6) is -3.83. The van der Waals surface area contributed by atoms with Crippen LogP contribution in [0.3, 0.4) is 0 Å². The van der Waals surface area contributed by atoms with Crippen molar-refractivity contribution in [3.8, 4) is 0 Å². The van der Waals surface area contributed by atoms with Gasteiger partial charge in [-0.25, -0.2) is 0 Å². The summed E-state index contributed by atoms with van der Waals surface area (Å²) in [6.07, 6.45) is 0.274. The van der Waals surface area contributed by atoms with Gasteiger partial charge >= 0.3 is 5.97 Å². The van der Waals surface area contributed by atoms with Crippen molar-refractivity contribution >= 4 is 23.7 Å². The molecule has 0 aromatic carbocycles. The lowest BCUT2D eigenvalue weighted by molar-refractivity contribution is -0.156. The highest BCUT2D eigenvalue weighted by molar-refractivity contribution is 6.07. The molecule has 1 aliphatic heterocycles. The van der Waals surface area contributed by atoms with Crippen LogP contribution in [0, 0.1) is 11.8 Å². The van der Waals surface area contributed by atoms with Crippen LogP contribution in [-0.2, 0) is 19.2 Å². The Balaban J connectivity index is 2.16. The van der Waals surface area contributed by atoms with Crippen LogP contribution in [0.1, 0.15) is 20.3 Å². The maximum Gasteiger partial charge on any atom is 0.307 e. The van der Waals surface area contributed by atoms with Gasteiger partial charge in [-0.15, -0.1) is 0 Å². The molecule has 1 saturated heterocycles. The number of nitrogens with zero attached hydrogens (tertiary/aromatic N) is 1. The average molecular weight is 254 g/mol. The summed E-state index contributed by atoms with van der Waals surface area (Å²) in [5, 5.41) is 10.9. The minimum Gasteiger partial charge on any atom is -0.481 e. The fourth-order valence-electron chi connectivity index (χ4n) is 2.08. The highest BCUT2D eigenvalue weighted by Gasteiger charge is 2.54. The molecule has 1 heterocycles. The number of amides is 3. The Morgan fingerprint density at radius 2 is 1.94 bits per heavy atom. The largest absolute Gasteiger partial charge is 0.481 e. The Morgan fingerprint density at radius 1 is 1.33 bits per heavy atom. The van der Waals surface area contributed by atoms with E-state index in [0.717, 1.165) is 0 Å². The normalized spacial score (nSPS) is 29.8. The molecule has 2 atom stereocenters. The maximum absolute atomic E-state index is 12.1. The molecule has 1 aliphatic carbocycles. The molecule has 0 bridgehead atoms. The third-order valence-electron chi connectivity index (χ3n) is 3.48. The van der Waals surface area contributed by atoms with E-state index in [2.05, 4.69) is 5.32 Å². The molecule has 0 aromatic rings. The topological polar surface area (TPSA) is 104 Å². The van der Waals surface area contributed by atoms with E-state index >= 15 is 0 Å². The number of carboxylic acids is 1. The maximum atomic E-state index is 12.1. The Bertz CT molecular complexity index is 456. The van der Waals surface area contributed by atoms with Crippen LogP contribution in [0.2, 0.25) is 0 Å². The molecule has 0 spiro atoms. The molecule has 7 heteroatoms. The minimum atomic E-state index is -1.13. The van der Waals surface area contributed by atoms with Crippen molar-refractivity contribution in [2.75, 3.05) is 6.54 Å². The zero-order valence-electron chi connectivity index (χ0n) is 10.1. The van der Waals surface area contributed by atoms with Gasteiger partial charge in [0, 0.05) is 0 Å². The number of hydrogen-bond donors (Lipinski definition) is 2. The monoisotopic (exact) mass is 254 g/mol. The van der Waals surface area contributed by atoms with Gasteiger partial charge in [-0.1, -0.05) is 0 Å². The van der Waals surface area contributed by atoms with Crippen LogP contribution >= 0.6 is 0 Å². The SMILES string of the molecule is CC1(C)C(=O)NC(=O)CN1C(=O)[C@@H]1C[C@@H]1C(=O)O. The highest BCUT2D eigenvalue weighted by Crippen LogP contribution is 2.41. The number of nitrogens with one attached hydrogen (secondary N) is 1. The van der Waals surface area contributed by atoms with Crippen LogP contribution < -0.4 is 5.32 Å². The lowest BCUT2D eigenvalue weighted by Gasteiger charge is -2.40. The molecular formula is C11H14N2O5. The van der Waals surface area contributed by atoms with Gasteiger partial charge in [0.15, 0.2) is 0 Å². The zero-order valence-corrected chi connectivity index (χ0v) is 10.1. The van der Waals surface area contributed by atoms with Crippen molar-refractivity contribution < 1.29 is 24.3 Å². The van der Waals surface area contributed by atoms with Gasteiger partial charge in [0.05, 0.1) is 11.8 Å². The van der Waals surface area contributed by atoms with Crippen molar-refractivity contribution in [1.82, 2.24) is 10.2 Å². The third-order valence-corrected chi connectivity index (χ3v) is 3.48. The highest BCUT2D eigenvalue weighted by atomic mass is 16.4. The summed E-state index contributed by atoms with van der Waals surface area (Å²) < 4.78 is 0. The van der Waals surface area contributed by atoms with E-state index in [1.54, 1.807) is 0 Å². The Morgan fingerprint density at radius 3 is 2.44 bits per heavy atom. The number of aliphatic carboxylic acids is 1. The third kappa shape index (κ3) is 1.85. The molecule has 3 amide bonds. The molecule has 18 heavy (non-hydrogen) atoms. The van der Waals surface area contributed by atoms with Crippen molar-refractivity contribution in [3.05, 3.63) is 0 Å². The second-order valence-corrected chi connectivity index (χ2v) is 5.15. The van der Waals surface area contributed by atoms with Crippen LogP contribution in [0.4, 0.5) is 0 Å². The summed E-state index contributed by atoms with van der Waals surface area (Å²) in [6.45, 7) is 2.86. The van der Waals surface area contributed by atoms with Gasteiger partial charge < -0.3 is 10.0 Å². The first-order valence-electron chi connectivity index (χ1n) is 5.63. The van der Waals surface area contributed by atoms with E-state index in [-0.39, 0.29) is 13.0 Å². The van der Waals surface area contributed by atoms with Gasteiger partial charge in [-0.3, -0.25) is 24.5 Å². The fourth-order valence-corrected chi connectivity index (χ4v) is 2.08. The quantitative estimate of drug-likeness (QED) is 0.613. The molecule has 1 saturated carbocycles. The second-order valence-electron chi connectivity index (χ2n) is 5.15. The summed E-state index contributed by atoms with van der Waals surface area (Å²) >= 11 is 0. The van der Waals surface area contributed by atoms with Crippen LogP contribution in [-0.4, -0.2) is 45.8 Å². The Hall–Kier alpha value is -1.92. The average Bonchev–Trinajstić information content (AvgIpc) is 3.02. The zero-order chi connectivity index (χ0) is 13.7. The standard InChI is InChI=1S/C11H14N2O5/c1-11(2)10(18)12-7(14)4-13(11)8(15)5-3-6(5)9(16)17/h5-6H,3-4H2,1-2H3,(H,16,17)(H,12,14,18)/t5-,6+/m1/s1. The predicted octanol–water partition coefficient (Wildman–Crippen LogP) is -1.03. The smallest absolute Gasteiger partial charge is 0.307 e. The van der Waals surface area contributed by atoms with E-state index in [0.29, 0.717) is 0 Å². The van der Waals surface area contributed by atoms with Crippen molar-refractivity contribution in [3.63, 3.8) is 0 Å². The number of piperazine rings is 1. The summed E-state index contributed by atoms with van der Waals surface area (Å²) in [5.41, 5.74) is -1.13. The van der Waals surface area contributed by atoms with Crippen LogP contribution in [0.5, 0.6) is 0 Å². The lowest BCUT2D eigenvalue weighted by atomic mass is 9.97. The first-order chi connectivity index (χ1) is 8.25. The molecule has 2 fully saturated rings. The number of hydrogen-bond acceptors (Lipinski definition) is 4. The van der Waals surface area contributed by atoms with Crippen molar-refractivity contribution in [2.24, 2.45) is 11.8 Å². The fraction of sp³-hybridized carbons (Fsp3) is 0.636. The first-order valence-corrected chi connectivity index (χ1v) is 5.63. The van der Waals surface area contributed by atoms with E-state index in [1.165, 1.54) is 18.7 Å². The van der Waals surface area contributed by atoms with Gasteiger partial charge in [-0.2, -0.15) is 0 Å². The van der Waals surface area contributed by atoms with Gasteiger partial charge in [0.25, 0.3) is 5.91 Å². The van der Waals surface area contributed by atoms with E-state index < -0.39 is 41.1 Å². The summed E-state index contributed by atoms with van der Waals surface area (Å²) in [6, 6.07) is 0. The minimum absolute atomic E-state index is 0.208. The molecule has 98 valence electrons. The van der Waals surface area contributed by atoms with Crippen LogP contribution in [0.25, 0.3) is 0 Å². The molecular weight excluding hydrogens is 240 g/mol. The van der Waals surface area contributed by atoms with Gasteiger partial charge in [0.1, 0.15) is 12.1 Å². The Labute approximate surface area is 103 Å². The molecule has 2 rings (SSSR count). The van der Waals surface area contributed by atoms with E-state index in [4.69, 9.17) is 5.11 Å². The molecule has 7 nitrogen and oxygen atoms in total. The van der Waals surface area contributed by atoms with E-state index in [9.17, 15) is 19.2 Å². The van der Waals surface area contributed by atoms with Crippen molar-refractivity contribution in [1.29, 1.82) is 0 Å². The molecule has 0 unspecified atom stereocenters. The second kappa shape index (κ2) is 3.79. The lowest BCUT2D eigenvalue weighted by Crippen LogP contribution is -2.65. The van der Waals surface area contributed by atoms with Crippen LogP contribution in [0.15, 0.2) is 0 Å². The van der Waals surface area contributed by atoms with E-state index in [1.807, 2.05) is 0 Å². The van der Waals surface area contributed by atoms with Crippen molar-refractivity contribution in [2.45, 2.75) is 25.8 Å². The molecule has 0 radical (unpaired) electrons. The molecule has 2 aliphatic rings.